The Hall–Kier alpha value is -5.16. The minimum Gasteiger partial charge on any atom is -0.466 e. The van der Waals surface area contributed by atoms with E-state index in [-0.39, 0.29) is 18.0 Å². The number of hydrogen-bond acceptors (Lipinski definition) is 7. The molecule has 3 aromatic heterocycles. The normalized spacial score (nSPS) is 14.2. The number of nitrogens with one attached hydrogen (secondary N) is 1. The average Bonchev–Trinajstić information content (AvgIpc) is 3.59. The van der Waals surface area contributed by atoms with Gasteiger partial charge in [0.1, 0.15) is 17.0 Å². The second-order valence-corrected chi connectivity index (χ2v) is 12.9. The number of nitrogens with zero attached hydrogens (tertiary/aromatic N) is 4. The summed E-state index contributed by atoms with van der Waals surface area (Å²) in [6.07, 6.45) is 2.45. The lowest BCUT2D eigenvalue weighted by atomic mass is 10.0. The average molecular weight is 608 g/mol. The Labute approximate surface area is 254 Å². The van der Waals surface area contributed by atoms with Gasteiger partial charge in [-0.05, 0) is 32.0 Å². The van der Waals surface area contributed by atoms with Gasteiger partial charge in [-0.3, -0.25) is 9.10 Å². The molecule has 10 nitrogen and oxygen atoms in total. The molecule has 1 aliphatic rings. The van der Waals surface area contributed by atoms with Crippen LogP contribution in [0.1, 0.15) is 29.1 Å². The number of carbonyl (C=O) groups is 1. The van der Waals surface area contributed by atoms with Gasteiger partial charge in [0, 0.05) is 42.1 Å². The standard InChI is InChI=1S/C33H29N5O5S/c1-18-10-12-20(13-11-18)31-29(33(39)34-3)23-15-22(25(16-27(23)43-31)37(4)44(5,40)41)32-35-17-28-30(36-32)26-14-21-8-6-7-9-24(21)38(26)19(2)42-28/h6-17,19H,1-5H3,(H,34,39). The third-order valence-corrected chi connectivity index (χ3v) is 9.25. The van der Waals surface area contributed by atoms with Gasteiger partial charge in [-0.15, -0.1) is 0 Å². The molecule has 1 unspecified atom stereocenters. The molecule has 0 spiro atoms. The molecule has 7 rings (SSSR count). The van der Waals surface area contributed by atoms with Crippen LogP contribution in [0.15, 0.2) is 77.3 Å². The van der Waals surface area contributed by atoms with E-state index in [2.05, 4.69) is 20.9 Å². The van der Waals surface area contributed by atoms with Crippen LogP contribution in [0.2, 0.25) is 0 Å². The molecule has 1 amide bonds. The smallest absolute Gasteiger partial charge is 0.255 e. The summed E-state index contributed by atoms with van der Waals surface area (Å²) in [6, 6.07) is 21.1. The van der Waals surface area contributed by atoms with Crippen LogP contribution in [0.25, 0.3) is 56.0 Å². The number of furan rings is 1. The number of anilines is 1. The minimum atomic E-state index is -3.70. The molecule has 0 saturated heterocycles. The summed E-state index contributed by atoms with van der Waals surface area (Å²) in [6.45, 7) is 3.94. The molecule has 1 aliphatic heterocycles. The van der Waals surface area contributed by atoms with Gasteiger partial charge in [-0.1, -0.05) is 48.0 Å². The second-order valence-electron chi connectivity index (χ2n) is 10.9. The van der Waals surface area contributed by atoms with E-state index in [0.717, 1.165) is 32.7 Å². The lowest BCUT2D eigenvalue weighted by molar-refractivity contribution is 0.0964. The number of rotatable bonds is 5. The monoisotopic (exact) mass is 607 g/mol. The maximum Gasteiger partial charge on any atom is 0.255 e. The molecular weight excluding hydrogens is 578 g/mol. The van der Waals surface area contributed by atoms with Gasteiger partial charge in [0.15, 0.2) is 17.8 Å². The minimum absolute atomic E-state index is 0.270. The van der Waals surface area contributed by atoms with Crippen molar-refractivity contribution in [1.82, 2.24) is 19.9 Å². The fourth-order valence-corrected chi connectivity index (χ4v) is 6.27. The lowest BCUT2D eigenvalue weighted by Gasteiger charge is -2.27. The first-order valence-electron chi connectivity index (χ1n) is 14.0. The summed E-state index contributed by atoms with van der Waals surface area (Å²) in [7, 11) is -0.681. The van der Waals surface area contributed by atoms with E-state index in [1.807, 2.05) is 62.4 Å². The maximum atomic E-state index is 13.3. The fourth-order valence-electron chi connectivity index (χ4n) is 5.77. The topological polar surface area (TPSA) is 120 Å². The van der Waals surface area contributed by atoms with Crippen molar-refractivity contribution in [3.63, 3.8) is 0 Å². The van der Waals surface area contributed by atoms with E-state index in [1.165, 1.54) is 7.05 Å². The number of carbonyl (C=O) groups excluding carboxylic acids is 1. The Balaban J connectivity index is 1.50. The van der Waals surface area contributed by atoms with E-state index in [0.29, 0.717) is 50.6 Å². The number of ether oxygens (including phenoxy) is 1. The van der Waals surface area contributed by atoms with Gasteiger partial charge in [-0.25, -0.2) is 18.4 Å². The maximum absolute atomic E-state index is 13.3. The third kappa shape index (κ3) is 4.31. The van der Waals surface area contributed by atoms with Crippen molar-refractivity contribution in [2.75, 3.05) is 24.7 Å². The van der Waals surface area contributed by atoms with Crippen molar-refractivity contribution in [2.24, 2.45) is 0 Å². The highest BCUT2D eigenvalue weighted by molar-refractivity contribution is 7.92. The predicted octanol–water partition coefficient (Wildman–Crippen LogP) is 6.15. The molecule has 11 heteroatoms. The van der Waals surface area contributed by atoms with E-state index in [9.17, 15) is 13.2 Å². The molecule has 1 atom stereocenters. The molecule has 0 aliphatic carbocycles. The Kier molecular flexibility index (Phi) is 6.26. The number of hydrogen-bond donors (Lipinski definition) is 1. The number of benzene rings is 3. The molecule has 0 radical (unpaired) electrons. The van der Waals surface area contributed by atoms with Gasteiger partial charge < -0.3 is 19.0 Å². The SMILES string of the molecule is CNC(=O)c1c(-c2ccc(C)cc2)oc2cc(N(C)S(C)(=O)=O)c(-c3ncc4c(n3)-c3cc5ccccc5n3C(C)O4)cc12. The molecule has 6 aromatic rings. The van der Waals surface area contributed by atoms with Crippen molar-refractivity contribution in [3.8, 4) is 39.8 Å². The van der Waals surface area contributed by atoms with Crippen molar-refractivity contribution >= 4 is 43.5 Å². The van der Waals surface area contributed by atoms with Gasteiger partial charge in [-0.2, -0.15) is 0 Å². The van der Waals surface area contributed by atoms with Crippen LogP contribution in [0.3, 0.4) is 0 Å². The highest BCUT2D eigenvalue weighted by atomic mass is 32.2. The number of amides is 1. The van der Waals surface area contributed by atoms with Crippen LogP contribution in [-0.2, 0) is 10.0 Å². The zero-order chi connectivity index (χ0) is 30.9. The van der Waals surface area contributed by atoms with Crippen LogP contribution >= 0.6 is 0 Å². The number of aryl methyl sites for hydroxylation is 1. The highest BCUT2D eigenvalue weighted by Gasteiger charge is 2.30. The van der Waals surface area contributed by atoms with Crippen molar-refractivity contribution in [2.45, 2.75) is 20.1 Å². The molecule has 0 saturated carbocycles. The van der Waals surface area contributed by atoms with Crippen LogP contribution < -0.4 is 14.4 Å². The zero-order valence-corrected chi connectivity index (χ0v) is 25.6. The quantitative estimate of drug-likeness (QED) is 0.250. The highest BCUT2D eigenvalue weighted by Crippen LogP contribution is 2.44. The summed E-state index contributed by atoms with van der Waals surface area (Å²) >= 11 is 0. The van der Waals surface area contributed by atoms with Crippen molar-refractivity contribution in [1.29, 1.82) is 0 Å². The molecule has 44 heavy (non-hydrogen) atoms. The van der Waals surface area contributed by atoms with Gasteiger partial charge in [0.05, 0.1) is 34.9 Å². The Morgan fingerprint density at radius 2 is 1.82 bits per heavy atom. The molecule has 222 valence electrons. The first-order chi connectivity index (χ1) is 21.0. The third-order valence-electron chi connectivity index (χ3n) is 8.06. The summed E-state index contributed by atoms with van der Waals surface area (Å²) < 4.78 is 41.4. The summed E-state index contributed by atoms with van der Waals surface area (Å²) in [4.78, 5) is 22.9. The number of sulfonamides is 1. The lowest BCUT2D eigenvalue weighted by Crippen LogP contribution is -2.25. The predicted molar refractivity (Wildman–Crippen MR) is 170 cm³/mol. The van der Waals surface area contributed by atoms with E-state index < -0.39 is 10.0 Å². The van der Waals surface area contributed by atoms with E-state index >= 15 is 0 Å². The zero-order valence-electron chi connectivity index (χ0n) is 24.7. The van der Waals surface area contributed by atoms with Gasteiger partial charge >= 0.3 is 0 Å². The molecular formula is C33H29N5O5S. The molecule has 0 bridgehead atoms. The van der Waals surface area contributed by atoms with Gasteiger partial charge in [0.25, 0.3) is 5.91 Å². The van der Waals surface area contributed by atoms with Crippen LogP contribution in [0, 0.1) is 6.92 Å². The largest absolute Gasteiger partial charge is 0.466 e. The number of fused-ring (bicyclic) bond motifs is 6. The van der Waals surface area contributed by atoms with Crippen molar-refractivity contribution in [3.05, 3.63) is 84.1 Å². The Morgan fingerprint density at radius 1 is 1.07 bits per heavy atom. The first kappa shape index (κ1) is 27.7. The van der Waals surface area contributed by atoms with Gasteiger partial charge in [0.2, 0.25) is 10.0 Å². The first-order valence-corrected chi connectivity index (χ1v) is 15.9. The molecule has 0 fully saturated rings. The van der Waals surface area contributed by atoms with Crippen molar-refractivity contribution < 1.29 is 22.4 Å². The Bertz CT molecular complexity index is 2240. The molecule has 3 aromatic carbocycles. The van der Waals surface area contributed by atoms with Crippen LogP contribution in [0.4, 0.5) is 5.69 Å². The second kappa shape index (κ2) is 9.95. The van der Waals surface area contributed by atoms with Crippen LogP contribution in [-0.4, -0.2) is 49.2 Å². The molecule has 1 N–H and O–H groups in total. The number of aromatic nitrogens is 3. The summed E-state index contributed by atoms with van der Waals surface area (Å²) in [5, 5.41) is 4.26. The fraction of sp³-hybridized carbons (Fsp3) is 0.182. The van der Waals surface area contributed by atoms with E-state index in [4.69, 9.17) is 14.1 Å². The summed E-state index contributed by atoms with van der Waals surface area (Å²) in [5.41, 5.74) is 5.63. The van der Waals surface area contributed by atoms with Crippen LogP contribution in [0.5, 0.6) is 5.75 Å². The number of para-hydroxylation sites is 1. The van der Waals surface area contributed by atoms with E-state index in [1.54, 1.807) is 25.4 Å². The Morgan fingerprint density at radius 3 is 2.55 bits per heavy atom. The summed E-state index contributed by atoms with van der Waals surface area (Å²) in [5.74, 6) is 0.828. The molecule has 4 heterocycles.